The van der Waals surface area contributed by atoms with Crippen molar-refractivity contribution < 1.29 is 9.90 Å². The van der Waals surface area contributed by atoms with Crippen LogP contribution in [0.4, 0.5) is 0 Å². The van der Waals surface area contributed by atoms with Crippen LogP contribution in [-0.4, -0.2) is 20.2 Å². The Balaban J connectivity index is 2.04. The van der Waals surface area contributed by atoms with Crippen molar-refractivity contribution in [3.05, 3.63) is 22.9 Å². The molecule has 1 saturated carbocycles. The number of carboxylic acid groups (broad SMARTS) is 1. The predicted octanol–water partition coefficient (Wildman–Crippen LogP) is 1.49. The van der Waals surface area contributed by atoms with Crippen molar-refractivity contribution in [2.45, 2.75) is 45.7 Å². The largest absolute Gasteiger partial charge is 0.481 e. The van der Waals surface area contributed by atoms with Crippen LogP contribution in [-0.2, 0) is 11.3 Å². The van der Waals surface area contributed by atoms with Crippen LogP contribution in [0.3, 0.4) is 0 Å². The zero-order valence-electron chi connectivity index (χ0n) is 10.2. The fourth-order valence-electron chi connectivity index (χ4n) is 1.74. The molecule has 2 rings (SSSR count). The lowest BCUT2D eigenvalue weighted by atomic mass is 9.90. The van der Waals surface area contributed by atoms with E-state index in [-0.39, 0.29) is 5.69 Å². The average Bonchev–Trinajstić information content (AvgIpc) is 3.01. The minimum atomic E-state index is -0.827. The highest BCUT2D eigenvalue weighted by Crippen LogP contribution is 2.33. The third kappa shape index (κ3) is 2.43. The van der Waals surface area contributed by atoms with Crippen molar-refractivity contribution in [1.82, 2.24) is 9.13 Å². The first kappa shape index (κ1) is 12.0. The number of aliphatic carboxylic acids is 1. The van der Waals surface area contributed by atoms with E-state index in [4.69, 9.17) is 5.11 Å². The molecule has 0 spiro atoms. The van der Waals surface area contributed by atoms with Gasteiger partial charge in [0.1, 0.15) is 0 Å². The van der Waals surface area contributed by atoms with Gasteiger partial charge >= 0.3 is 11.7 Å². The van der Waals surface area contributed by atoms with Crippen LogP contribution in [0.1, 0.15) is 39.2 Å². The van der Waals surface area contributed by atoms with E-state index in [2.05, 4.69) is 0 Å². The van der Waals surface area contributed by atoms with Gasteiger partial charge in [0.25, 0.3) is 0 Å². The van der Waals surface area contributed by atoms with Crippen LogP contribution in [0.25, 0.3) is 0 Å². The van der Waals surface area contributed by atoms with Crippen LogP contribution in [0.5, 0.6) is 0 Å². The van der Waals surface area contributed by atoms with Crippen LogP contribution in [0, 0.1) is 5.41 Å². The molecule has 1 aliphatic rings. The number of carbonyl (C=O) groups is 1. The molecular weight excluding hydrogens is 220 g/mol. The summed E-state index contributed by atoms with van der Waals surface area (Å²) in [5, 5.41) is 9.00. The summed E-state index contributed by atoms with van der Waals surface area (Å²) in [6, 6.07) is 0.372. The molecular formula is C12H18N2O3. The van der Waals surface area contributed by atoms with E-state index in [0.717, 1.165) is 12.8 Å². The fourth-order valence-corrected chi connectivity index (χ4v) is 1.74. The summed E-state index contributed by atoms with van der Waals surface area (Å²) in [6.07, 6.45) is 6.15. The van der Waals surface area contributed by atoms with Crippen LogP contribution >= 0.6 is 0 Å². The fraction of sp³-hybridized carbons (Fsp3) is 0.667. The van der Waals surface area contributed by atoms with Gasteiger partial charge in [-0.3, -0.25) is 13.9 Å². The monoisotopic (exact) mass is 238 g/mol. The summed E-state index contributed by atoms with van der Waals surface area (Å²) in [5.74, 6) is -0.827. The molecule has 0 aliphatic heterocycles. The molecule has 0 unspecified atom stereocenters. The molecule has 1 aromatic heterocycles. The minimum Gasteiger partial charge on any atom is -0.481 e. The maximum Gasteiger partial charge on any atom is 0.328 e. The molecule has 1 aromatic rings. The van der Waals surface area contributed by atoms with Gasteiger partial charge < -0.3 is 5.11 Å². The number of carboxylic acids is 1. The normalized spacial score (nSPS) is 16.1. The Morgan fingerprint density at radius 1 is 1.47 bits per heavy atom. The molecule has 1 N–H and O–H groups in total. The highest BCUT2D eigenvalue weighted by atomic mass is 16.4. The first-order valence-corrected chi connectivity index (χ1v) is 5.92. The van der Waals surface area contributed by atoms with Crippen molar-refractivity contribution in [3.63, 3.8) is 0 Å². The molecule has 5 heteroatoms. The van der Waals surface area contributed by atoms with Gasteiger partial charge in [-0.15, -0.1) is 0 Å². The lowest BCUT2D eigenvalue weighted by Gasteiger charge is -2.18. The summed E-state index contributed by atoms with van der Waals surface area (Å²) < 4.78 is 3.34. The molecule has 0 atom stereocenters. The molecule has 17 heavy (non-hydrogen) atoms. The average molecular weight is 238 g/mol. The molecule has 5 nitrogen and oxygen atoms in total. The van der Waals surface area contributed by atoms with E-state index >= 15 is 0 Å². The Morgan fingerprint density at radius 3 is 2.65 bits per heavy atom. The van der Waals surface area contributed by atoms with Crippen molar-refractivity contribution >= 4 is 5.97 Å². The van der Waals surface area contributed by atoms with E-state index in [0.29, 0.717) is 19.0 Å². The molecule has 0 radical (unpaired) electrons. The standard InChI is InChI=1S/C12H18N2O3/c1-12(2,10(15)16)5-6-13-7-8-14(11(13)17)9-3-4-9/h7-9H,3-6H2,1-2H3,(H,15,16). The molecule has 0 aromatic carbocycles. The third-order valence-electron chi connectivity index (χ3n) is 3.37. The Bertz CT molecular complexity index is 480. The van der Waals surface area contributed by atoms with Crippen molar-refractivity contribution in [2.75, 3.05) is 0 Å². The molecule has 94 valence electrons. The summed E-state index contributed by atoms with van der Waals surface area (Å²) >= 11 is 0. The Hall–Kier alpha value is -1.52. The highest BCUT2D eigenvalue weighted by Gasteiger charge is 2.28. The van der Waals surface area contributed by atoms with Gasteiger partial charge in [0, 0.05) is 25.0 Å². The number of imidazole rings is 1. The smallest absolute Gasteiger partial charge is 0.328 e. The van der Waals surface area contributed by atoms with Crippen molar-refractivity contribution in [1.29, 1.82) is 0 Å². The highest BCUT2D eigenvalue weighted by molar-refractivity contribution is 5.73. The number of rotatable bonds is 5. The second kappa shape index (κ2) is 4.05. The number of aromatic nitrogens is 2. The molecule has 1 aliphatic carbocycles. The Morgan fingerprint density at radius 2 is 2.12 bits per heavy atom. The topological polar surface area (TPSA) is 64.2 Å². The quantitative estimate of drug-likeness (QED) is 0.845. The molecule has 1 heterocycles. The lowest BCUT2D eigenvalue weighted by molar-refractivity contribution is -0.147. The molecule has 0 saturated heterocycles. The van der Waals surface area contributed by atoms with Gasteiger partial charge in [0.15, 0.2) is 0 Å². The molecule has 0 amide bonds. The van der Waals surface area contributed by atoms with Gasteiger partial charge in [-0.2, -0.15) is 0 Å². The van der Waals surface area contributed by atoms with Crippen molar-refractivity contribution in [2.24, 2.45) is 5.41 Å². The zero-order valence-corrected chi connectivity index (χ0v) is 10.2. The van der Waals surface area contributed by atoms with Crippen LogP contribution < -0.4 is 5.69 Å². The minimum absolute atomic E-state index is 0.0197. The van der Waals surface area contributed by atoms with E-state index < -0.39 is 11.4 Å². The second-order valence-electron chi connectivity index (χ2n) is 5.35. The lowest BCUT2D eigenvalue weighted by Crippen LogP contribution is -2.29. The summed E-state index contributed by atoms with van der Waals surface area (Å²) in [7, 11) is 0. The van der Waals surface area contributed by atoms with Crippen molar-refractivity contribution in [3.8, 4) is 0 Å². The zero-order chi connectivity index (χ0) is 12.6. The van der Waals surface area contributed by atoms with E-state index in [1.165, 1.54) is 0 Å². The number of aryl methyl sites for hydroxylation is 1. The predicted molar refractivity (Wildman–Crippen MR) is 63.0 cm³/mol. The summed E-state index contributed by atoms with van der Waals surface area (Å²) in [5.41, 5.74) is -0.810. The Kier molecular flexibility index (Phi) is 2.85. The maximum absolute atomic E-state index is 11.9. The maximum atomic E-state index is 11.9. The van der Waals surface area contributed by atoms with Gasteiger partial charge in [-0.05, 0) is 33.1 Å². The van der Waals surface area contributed by atoms with Crippen LogP contribution in [0.15, 0.2) is 17.2 Å². The SMILES string of the molecule is CC(C)(CCn1ccn(C2CC2)c1=O)C(=O)O. The first-order chi connectivity index (χ1) is 7.92. The van der Waals surface area contributed by atoms with E-state index in [1.54, 1.807) is 35.4 Å². The van der Waals surface area contributed by atoms with Gasteiger partial charge in [-0.25, -0.2) is 4.79 Å². The summed E-state index contributed by atoms with van der Waals surface area (Å²) in [4.78, 5) is 22.9. The second-order valence-corrected chi connectivity index (χ2v) is 5.35. The molecule has 1 fully saturated rings. The van der Waals surface area contributed by atoms with E-state index in [9.17, 15) is 9.59 Å². The Labute approximate surface area is 99.7 Å². The number of hydrogen-bond donors (Lipinski definition) is 1. The molecule has 0 bridgehead atoms. The number of nitrogens with zero attached hydrogens (tertiary/aromatic N) is 2. The van der Waals surface area contributed by atoms with Crippen LogP contribution in [0.2, 0.25) is 0 Å². The summed E-state index contributed by atoms with van der Waals surface area (Å²) in [6.45, 7) is 3.81. The third-order valence-corrected chi connectivity index (χ3v) is 3.37. The first-order valence-electron chi connectivity index (χ1n) is 5.92. The van der Waals surface area contributed by atoms with Gasteiger partial charge in [0.05, 0.1) is 5.41 Å². The van der Waals surface area contributed by atoms with Gasteiger partial charge in [0.2, 0.25) is 0 Å². The number of hydrogen-bond acceptors (Lipinski definition) is 2. The van der Waals surface area contributed by atoms with E-state index in [1.807, 2.05) is 0 Å². The van der Waals surface area contributed by atoms with Gasteiger partial charge in [-0.1, -0.05) is 0 Å².